The lowest BCUT2D eigenvalue weighted by atomic mass is 10.2. The smallest absolute Gasteiger partial charge is 0.0877 e. The Morgan fingerprint density at radius 1 is 1.00 bits per heavy atom. The molecule has 0 aliphatic rings. The zero-order valence-electron chi connectivity index (χ0n) is 7.12. The summed E-state index contributed by atoms with van der Waals surface area (Å²) < 4.78 is 5.54. The molecule has 0 rings (SSSR count). The Kier molecular flexibility index (Phi) is 9.80. The molecule has 0 radical (unpaired) electrons. The minimum absolute atomic E-state index is 0.0973. The van der Waals surface area contributed by atoms with Crippen molar-refractivity contribution in [1.29, 1.82) is 0 Å². The summed E-state index contributed by atoms with van der Waals surface area (Å²) in [6.45, 7) is 0. The molecule has 0 N–H and O–H groups in total. The number of halogens is 2. The van der Waals surface area contributed by atoms with Gasteiger partial charge in [-0.05, 0) is 12.8 Å². The fourth-order valence-corrected chi connectivity index (χ4v) is 1.61. The van der Waals surface area contributed by atoms with Crippen molar-refractivity contribution in [3.63, 3.8) is 0 Å². The number of ether oxygens (including phenoxy) is 1. The second-order valence-electron chi connectivity index (χ2n) is 2.44. The van der Waals surface area contributed by atoms with Gasteiger partial charge in [-0.15, -0.1) is 23.2 Å². The van der Waals surface area contributed by atoms with Gasteiger partial charge in [-0.1, -0.05) is 24.4 Å². The highest BCUT2D eigenvalue weighted by Crippen LogP contribution is 2.06. The quantitative estimate of drug-likeness (QED) is 0.490. The van der Waals surface area contributed by atoms with Crippen LogP contribution in [0.3, 0.4) is 0 Å². The van der Waals surface area contributed by atoms with Gasteiger partial charge in [0.2, 0.25) is 0 Å². The largest absolute Gasteiger partial charge is 0.365 e. The molecule has 5 heteroatoms. The maximum absolute atomic E-state index is 5.57. The van der Waals surface area contributed by atoms with Crippen LogP contribution in [0.2, 0.25) is 0 Å². The van der Waals surface area contributed by atoms with Gasteiger partial charge in [0.25, 0.3) is 0 Å². The van der Waals surface area contributed by atoms with Crippen LogP contribution >= 0.6 is 47.6 Å². The summed E-state index contributed by atoms with van der Waals surface area (Å²) >= 11 is 20.7. The van der Waals surface area contributed by atoms with E-state index in [1.165, 1.54) is 0 Å². The molecule has 0 spiro atoms. The van der Waals surface area contributed by atoms with Crippen molar-refractivity contribution in [2.75, 3.05) is 11.8 Å². The molecule has 0 fully saturated rings. The van der Waals surface area contributed by atoms with Gasteiger partial charge >= 0.3 is 0 Å². The van der Waals surface area contributed by atoms with Crippen molar-refractivity contribution in [3.8, 4) is 0 Å². The van der Waals surface area contributed by atoms with E-state index in [1.807, 2.05) is 0 Å². The maximum atomic E-state index is 5.57. The topological polar surface area (TPSA) is 9.23 Å². The van der Waals surface area contributed by atoms with Gasteiger partial charge in [0, 0.05) is 22.5 Å². The summed E-state index contributed by atoms with van der Waals surface area (Å²) in [6, 6.07) is 0. The van der Waals surface area contributed by atoms with E-state index in [-0.39, 0.29) is 12.2 Å². The molecule has 0 aromatic rings. The molecular formula is C8H12Cl2OS2. The molecule has 0 saturated carbocycles. The summed E-state index contributed by atoms with van der Waals surface area (Å²) in [7, 11) is 0. The van der Waals surface area contributed by atoms with Gasteiger partial charge < -0.3 is 4.74 Å². The molecule has 0 amide bonds. The van der Waals surface area contributed by atoms with E-state index in [0.29, 0.717) is 24.6 Å². The molecule has 13 heavy (non-hydrogen) atoms. The highest BCUT2D eigenvalue weighted by atomic mass is 35.5. The van der Waals surface area contributed by atoms with Crippen LogP contribution in [0.1, 0.15) is 12.8 Å². The fraction of sp³-hybridized carbons (Fsp3) is 0.750. The van der Waals surface area contributed by atoms with Gasteiger partial charge in [-0.2, -0.15) is 0 Å². The summed E-state index contributed by atoms with van der Waals surface area (Å²) in [5.41, 5.74) is 0. The van der Waals surface area contributed by atoms with E-state index < -0.39 is 0 Å². The average molecular weight is 259 g/mol. The van der Waals surface area contributed by atoms with E-state index in [9.17, 15) is 0 Å². The van der Waals surface area contributed by atoms with Gasteiger partial charge in [0.1, 0.15) is 0 Å². The maximum Gasteiger partial charge on any atom is 0.0877 e. The minimum Gasteiger partial charge on any atom is -0.365 e. The number of thiocarbonyl (C=S) groups is 2. The van der Waals surface area contributed by atoms with Crippen LogP contribution < -0.4 is 0 Å². The van der Waals surface area contributed by atoms with Crippen LogP contribution in [0.5, 0.6) is 0 Å². The standard InChI is InChI=1S/C8H12Cl2OS2/c9-3-1-7(5-12)11-8(6-13)2-4-10/h5-8H,1-4H2. The molecule has 76 valence electrons. The summed E-state index contributed by atoms with van der Waals surface area (Å²) in [6.07, 6.45) is 1.24. The molecule has 0 bridgehead atoms. The average Bonchev–Trinajstić information content (AvgIpc) is 2.16. The Morgan fingerprint density at radius 2 is 1.38 bits per heavy atom. The second-order valence-corrected chi connectivity index (χ2v) is 3.74. The fourth-order valence-electron chi connectivity index (χ4n) is 0.776. The van der Waals surface area contributed by atoms with E-state index in [2.05, 4.69) is 0 Å². The summed E-state index contributed by atoms with van der Waals surface area (Å²) in [5.74, 6) is 1.06. The van der Waals surface area contributed by atoms with Crippen LogP contribution in [0.25, 0.3) is 0 Å². The molecule has 0 aromatic heterocycles. The molecule has 0 aliphatic heterocycles. The SMILES string of the molecule is S=CC(CCCl)OC(C=S)CCCl. The van der Waals surface area contributed by atoms with Crippen LogP contribution in [0, 0.1) is 0 Å². The van der Waals surface area contributed by atoms with Crippen LogP contribution in [0.15, 0.2) is 0 Å². The molecule has 0 aromatic carbocycles. The van der Waals surface area contributed by atoms with E-state index in [4.69, 9.17) is 52.4 Å². The number of hydrogen-bond acceptors (Lipinski definition) is 3. The lowest BCUT2D eigenvalue weighted by molar-refractivity contribution is 0.0689. The first kappa shape index (κ1) is 13.7. The molecule has 0 saturated heterocycles. The lowest BCUT2D eigenvalue weighted by Gasteiger charge is -2.17. The summed E-state index contributed by atoms with van der Waals surface area (Å²) in [4.78, 5) is 0. The van der Waals surface area contributed by atoms with Crippen molar-refractivity contribution in [2.45, 2.75) is 25.0 Å². The normalized spacial score (nSPS) is 14.9. The molecule has 2 unspecified atom stereocenters. The Hall–Kier alpha value is 0.720. The Labute approximate surface area is 99.7 Å². The van der Waals surface area contributed by atoms with Crippen LogP contribution in [-0.2, 0) is 4.74 Å². The van der Waals surface area contributed by atoms with Gasteiger partial charge in [-0.25, -0.2) is 0 Å². The predicted molar refractivity (Wildman–Crippen MR) is 66.6 cm³/mol. The van der Waals surface area contributed by atoms with E-state index in [0.717, 1.165) is 0 Å². The first-order chi connectivity index (χ1) is 6.28. The molecule has 0 aliphatic carbocycles. The number of alkyl halides is 2. The summed E-state index contributed by atoms with van der Waals surface area (Å²) in [5, 5.41) is 3.14. The zero-order valence-corrected chi connectivity index (χ0v) is 10.3. The lowest BCUT2D eigenvalue weighted by Crippen LogP contribution is -2.24. The Bertz CT molecular complexity index is 139. The molecular weight excluding hydrogens is 247 g/mol. The molecule has 1 nitrogen and oxygen atoms in total. The van der Waals surface area contributed by atoms with E-state index in [1.54, 1.807) is 10.7 Å². The van der Waals surface area contributed by atoms with Crippen molar-refractivity contribution in [3.05, 3.63) is 0 Å². The third kappa shape index (κ3) is 6.75. The number of rotatable bonds is 8. The van der Waals surface area contributed by atoms with Crippen LogP contribution in [-0.4, -0.2) is 34.7 Å². The van der Waals surface area contributed by atoms with Crippen molar-refractivity contribution < 1.29 is 4.74 Å². The van der Waals surface area contributed by atoms with Gasteiger partial charge in [0.05, 0.1) is 12.2 Å². The highest BCUT2D eigenvalue weighted by molar-refractivity contribution is 7.79. The molecule has 0 heterocycles. The van der Waals surface area contributed by atoms with Crippen molar-refractivity contribution in [1.82, 2.24) is 0 Å². The van der Waals surface area contributed by atoms with Crippen LogP contribution in [0.4, 0.5) is 0 Å². The van der Waals surface area contributed by atoms with Gasteiger partial charge in [0.15, 0.2) is 0 Å². The predicted octanol–water partition coefficient (Wildman–Crippen LogP) is 3.00. The second kappa shape index (κ2) is 9.28. The third-order valence-electron chi connectivity index (χ3n) is 1.44. The minimum atomic E-state index is -0.0973. The number of hydrogen-bond donors (Lipinski definition) is 0. The zero-order chi connectivity index (χ0) is 10.1. The highest BCUT2D eigenvalue weighted by Gasteiger charge is 2.11. The Morgan fingerprint density at radius 3 is 1.62 bits per heavy atom. The monoisotopic (exact) mass is 258 g/mol. The van der Waals surface area contributed by atoms with Crippen molar-refractivity contribution >= 4 is 58.4 Å². The first-order valence-electron chi connectivity index (χ1n) is 3.96. The first-order valence-corrected chi connectivity index (χ1v) is 5.97. The third-order valence-corrected chi connectivity index (χ3v) is 2.48. The Balaban J connectivity index is 3.86. The van der Waals surface area contributed by atoms with Crippen molar-refractivity contribution in [2.24, 2.45) is 0 Å². The van der Waals surface area contributed by atoms with E-state index >= 15 is 0 Å². The van der Waals surface area contributed by atoms with Gasteiger partial charge in [-0.3, -0.25) is 0 Å². The molecule has 2 atom stereocenters.